The summed E-state index contributed by atoms with van der Waals surface area (Å²) in [5, 5.41) is 12.6. The summed E-state index contributed by atoms with van der Waals surface area (Å²) < 4.78 is 0. The molecule has 0 atom stereocenters. The number of nitrogens with zero attached hydrogens (tertiary/aromatic N) is 2. The van der Waals surface area contributed by atoms with Crippen LogP contribution in [0, 0.1) is 0 Å². The number of aromatic nitrogens is 1. The van der Waals surface area contributed by atoms with E-state index < -0.39 is 0 Å². The number of guanidine groups is 1. The minimum atomic E-state index is -0.0103. The lowest BCUT2D eigenvalue weighted by molar-refractivity contribution is 0.0957. The van der Waals surface area contributed by atoms with E-state index in [1.54, 1.807) is 11.3 Å². The standard InChI is InChI=1S/C18H27N5OS2/c1-3-14-13-23-16(26-14)8-11-22-18(19-4-2)21-10-6-9-20-17(24)15-7-5-12-25-15/h5,7,12-13H,3-4,6,8-11H2,1-2H3,(H,20,24)(H2,19,21,22). The molecule has 0 aliphatic heterocycles. The van der Waals surface area contributed by atoms with Crippen molar-refractivity contribution in [3.63, 3.8) is 0 Å². The van der Waals surface area contributed by atoms with Gasteiger partial charge in [0.25, 0.3) is 5.91 Å². The van der Waals surface area contributed by atoms with Crippen molar-refractivity contribution in [1.29, 1.82) is 0 Å². The minimum absolute atomic E-state index is 0.0103. The molecule has 0 saturated heterocycles. The lowest BCUT2D eigenvalue weighted by Gasteiger charge is -2.10. The third-order valence-corrected chi connectivity index (χ3v) is 5.63. The second-order valence-corrected chi connectivity index (χ2v) is 7.75. The van der Waals surface area contributed by atoms with Crippen LogP contribution in [0.1, 0.15) is 39.8 Å². The Morgan fingerprint density at radius 1 is 1.23 bits per heavy atom. The maximum absolute atomic E-state index is 11.8. The monoisotopic (exact) mass is 393 g/mol. The molecule has 2 heterocycles. The third kappa shape index (κ3) is 7.13. The molecule has 6 nitrogen and oxygen atoms in total. The van der Waals surface area contributed by atoms with Gasteiger partial charge in [0, 0.05) is 43.7 Å². The first-order chi connectivity index (χ1) is 12.7. The number of nitrogens with one attached hydrogen (secondary N) is 3. The summed E-state index contributed by atoms with van der Waals surface area (Å²) in [5.74, 6) is 0.799. The van der Waals surface area contributed by atoms with E-state index in [1.165, 1.54) is 16.2 Å². The maximum Gasteiger partial charge on any atom is 0.261 e. The van der Waals surface area contributed by atoms with Gasteiger partial charge in [-0.1, -0.05) is 13.0 Å². The van der Waals surface area contributed by atoms with E-state index in [0.717, 1.165) is 48.2 Å². The Hall–Kier alpha value is -1.93. The summed E-state index contributed by atoms with van der Waals surface area (Å²) in [6.45, 7) is 7.10. The highest BCUT2D eigenvalue weighted by Gasteiger charge is 2.05. The molecule has 0 aliphatic rings. The average molecular weight is 394 g/mol. The van der Waals surface area contributed by atoms with E-state index in [1.807, 2.05) is 30.6 Å². The van der Waals surface area contributed by atoms with Crippen molar-refractivity contribution >= 4 is 34.5 Å². The van der Waals surface area contributed by atoms with E-state index in [2.05, 4.69) is 32.9 Å². The Kier molecular flexibility index (Phi) is 9.13. The number of rotatable bonds is 10. The fourth-order valence-corrected chi connectivity index (χ4v) is 3.73. The predicted octanol–water partition coefficient (Wildman–Crippen LogP) is 2.68. The first kappa shape index (κ1) is 20.4. The molecule has 2 rings (SSSR count). The van der Waals surface area contributed by atoms with Crippen LogP contribution in [0.5, 0.6) is 0 Å². The molecule has 1 amide bonds. The van der Waals surface area contributed by atoms with E-state index in [4.69, 9.17) is 0 Å². The Morgan fingerprint density at radius 3 is 2.81 bits per heavy atom. The van der Waals surface area contributed by atoms with Gasteiger partial charge in [-0.3, -0.25) is 9.79 Å². The molecule has 8 heteroatoms. The van der Waals surface area contributed by atoms with Crippen molar-refractivity contribution in [3.8, 4) is 0 Å². The quantitative estimate of drug-likeness (QED) is 0.329. The number of thiophene rings is 1. The number of amides is 1. The summed E-state index contributed by atoms with van der Waals surface area (Å²) in [6.07, 6.45) is 4.70. The number of hydrogen-bond donors (Lipinski definition) is 3. The van der Waals surface area contributed by atoms with Crippen molar-refractivity contribution in [3.05, 3.63) is 38.5 Å². The molecular formula is C18H27N5OS2. The second-order valence-electron chi connectivity index (χ2n) is 5.60. The lowest BCUT2D eigenvalue weighted by atomic mass is 10.4. The number of thiazole rings is 1. The molecule has 0 aromatic carbocycles. The molecule has 0 spiro atoms. The summed E-state index contributed by atoms with van der Waals surface area (Å²) in [7, 11) is 0. The van der Waals surface area contributed by atoms with E-state index in [0.29, 0.717) is 13.1 Å². The number of carbonyl (C=O) groups is 1. The third-order valence-electron chi connectivity index (χ3n) is 3.56. The van der Waals surface area contributed by atoms with Crippen molar-refractivity contribution in [2.75, 3.05) is 26.2 Å². The highest BCUT2D eigenvalue weighted by molar-refractivity contribution is 7.12. The van der Waals surface area contributed by atoms with Crippen molar-refractivity contribution in [2.24, 2.45) is 4.99 Å². The highest BCUT2D eigenvalue weighted by atomic mass is 32.1. The summed E-state index contributed by atoms with van der Waals surface area (Å²) >= 11 is 3.23. The van der Waals surface area contributed by atoms with E-state index in [-0.39, 0.29) is 5.91 Å². The van der Waals surface area contributed by atoms with E-state index >= 15 is 0 Å². The van der Waals surface area contributed by atoms with Gasteiger partial charge in [-0.05, 0) is 31.2 Å². The zero-order valence-electron chi connectivity index (χ0n) is 15.4. The summed E-state index contributed by atoms with van der Waals surface area (Å²) in [4.78, 5) is 22.9. The number of aryl methyl sites for hydroxylation is 1. The van der Waals surface area contributed by atoms with Crippen LogP contribution in [-0.4, -0.2) is 43.0 Å². The van der Waals surface area contributed by atoms with Gasteiger partial charge in [-0.15, -0.1) is 22.7 Å². The molecule has 3 N–H and O–H groups in total. The van der Waals surface area contributed by atoms with Crippen LogP contribution in [0.4, 0.5) is 0 Å². The van der Waals surface area contributed by atoms with Crippen LogP contribution in [0.2, 0.25) is 0 Å². The van der Waals surface area contributed by atoms with Gasteiger partial charge in [-0.25, -0.2) is 4.98 Å². The second kappa shape index (κ2) is 11.6. The number of aliphatic imine (C=N–C) groups is 1. The number of hydrogen-bond acceptors (Lipinski definition) is 5. The van der Waals surface area contributed by atoms with E-state index in [9.17, 15) is 4.79 Å². The maximum atomic E-state index is 11.8. The molecule has 0 saturated carbocycles. The molecule has 2 aromatic heterocycles. The zero-order chi connectivity index (χ0) is 18.6. The molecule has 26 heavy (non-hydrogen) atoms. The molecule has 0 unspecified atom stereocenters. The number of carbonyl (C=O) groups excluding carboxylic acids is 1. The van der Waals surface area contributed by atoms with Crippen LogP contribution < -0.4 is 16.0 Å². The fraction of sp³-hybridized carbons (Fsp3) is 0.500. The Morgan fingerprint density at radius 2 is 2.12 bits per heavy atom. The van der Waals surface area contributed by atoms with Gasteiger partial charge < -0.3 is 16.0 Å². The first-order valence-electron chi connectivity index (χ1n) is 9.00. The normalized spacial score (nSPS) is 11.4. The smallest absolute Gasteiger partial charge is 0.261 e. The van der Waals surface area contributed by atoms with Crippen molar-refractivity contribution in [2.45, 2.75) is 33.1 Å². The Bertz CT molecular complexity index is 682. The Balaban J connectivity index is 1.66. The van der Waals surface area contributed by atoms with Gasteiger partial charge in [0.05, 0.1) is 9.88 Å². The van der Waals surface area contributed by atoms with Crippen molar-refractivity contribution in [1.82, 2.24) is 20.9 Å². The van der Waals surface area contributed by atoms with Crippen molar-refractivity contribution < 1.29 is 4.79 Å². The van der Waals surface area contributed by atoms with Gasteiger partial charge in [0.1, 0.15) is 0 Å². The molecule has 0 bridgehead atoms. The minimum Gasteiger partial charge on any atom is -0.357 e. The Labute approximate surface area is 163 Å². The van der Waals surface area contributed by atoms with Gasteiger partial charge in [0.15, 0.2) is 5.96 Å². The fourth-order valence-electron chi connectivity index (χ4n) is 2.22. The highest BCUT2D eigenvalue weighted by Crippen LogP contribution is 2.13. The first-order valence-corrected chi connectivity index (χ1v) is 10.7. The molecule has 142 valence electrons. The van der Waals surface area contributed by atoms with Crippen LogP contribution in [-0.2, 0) is 12.8 Å². The summed E-state index contributed by atoms with van der Waals surface area (Å²) in [5.41, 5.74) is 0. The van der Waals surface area contributed by atoms with Crippen LogP contribution in [0.25, 0.3) is 0 Å². The average Bonchev–Trinajstić information content (AvgIpc) is 3.33. The lowest BCUT2D eigenvalue weighted by Crippen LogP contribution is -2.38. The van der Waals surface area contributed by atoms with Crippen LogP contribution >= 0.6 is 22.7 Å². The molecule has 0 fully saturated rings. The van der Waals surface area contributed by atoms with Gasteiger partial charge in [-0.2, -0.15) is 0 Å². The van der Waals surface area contributed by atoms with Gasteiger partial charge >= 0.3 is 0 Å². The SMILES string of the molecule is CCNC(=NCCCNC(=O)c1cccs1)NCCc1ncc(CC)s1. The van der Waals surface area contributed by atoms with Crippen LogP contribution in [0.3, 0.4) is 0 Å². The molecular weight excluding hydrogens is 366 g/mol. The summed E-state index contributed by atoms with van der Waals surface area (Å²) in [6, 6.07) is 3.71. The molecule has 0 aliphatic carbocycles. The van der Waals surface area contributed by atoms with Gasteiger partial charge in [0.2, 0.25) is 0 Å². The topological polar surface area (TPSA) is 78.4 Å². The zero-order valence-corrected chi connectivity index (χ0v) is 17.0. The van der Waals surface area contributed by atoms with Crippen LogP contribution in [0.15, 0.2) is 28.7 Å². The predicted molar refractivity (Wildman–Crippen MR) is 110 cm³/mol. The largest absolute Gasteiger partial charge is 0.357 e. The molecule has 0 radical (unpaired) electrons. The molecule has 2 aromatic rings.